The number of hydrogen-bond donors (Lipinski definition) is 2. The molecule has 0 spiro atoms. The summed E-state index contributed by atoms with van der Waals surface area (Å²) in [6.45, 7) is 3.33. The molecule has 4 heteroatoms. The highest BCUT2D eigenvalue weighted by Gasteiger charge is 2.20. The van der Waals surface area contributed by atoms with Crippen molar-refractivity contribution in [3.63, 3.8) is 0 Å². The van der Waals surface area contributed by atoms with Crippen molar-refractivity contribution in [2.75, 3.05) is 0 Å². The van der Waals surface area contributed by atoms with Crippen molar-refractivity contribution in [1.82, 2.24) is 5.32 Å². The molecule has 86 valence electrons. The van der Waals surface area contributed by atoms with Crippen molar-refractivity contribution in [2.24, 2.45) is 5.92 Å². The Balaban J connectivity index is 2.62. The predicted molar refractivity (Wildman–Crippen MR) is 59.8 cm³/mol. The average Bonchev–Trinajstić information content (AvgIpc) is 2.28. The van der Waals surface area contributed by atoms with Gasteiger partial charge in [0.05, 0.1) is 0 Å². The SMILES string of the molecule is CC(C)C(=O)C(O)NC(=O)c1ccccc1. The number of hydrogen-bond acceptors (Lipinski definition) is 3. The van der Waals surface area contributed by atoms with Crippen LogP contribution in [0.4, 0.5) is 0 Å². The number of benzene rings is 1. The van der Waals surface area contributed by atoms with Gasteiger partial charge < -0.3 is 10.4 Å². The Kier molecular flexibility index (Phi) is 4.19. The van der Waals surface area contributed by atoms with E-state index in [4.69, 9.17) is 0 Å². The third-order valence-electron chi connectivity index (χ3n) is 2.14. The molecule has 0 saturated carbocycles. The van der Waals surface area contributed by atoms with E-state index in [1.54, 1.807) is 44.2 Å². The quantitative estimate of drug-likeness (QED) is 0.744. The summed E-state index contributed by atoms with van der Waals surface area (Å²) in [7, 11) is 0. The molecule has 16 heavy (non-hydrogen) atoms. The summed E-state index contributed by atoms with van der Waals surface area (Å²) in [5.41, 5.74) is 0.415. The van der Waals surface area contributed by atoms with Crippen molar-refractivity contribution < 1.29 is 14.7 Å². The highest BCUT2D eigenvalue weighted by atomic mass is 16.3. The smallest absolute Gasteiger partial charge is 0.253 e. The number of aliphatic hydroxyl groups excluding tert-OH is 1. The molecule has 1 rings (SSSR count). The lowest BCUT2D eigenvalue weighted by molar-refractivity contribution is -0.131. The molecule has 0 aliphatic carbocycles. The number of rotatable bonds is 4. The molecule has 4 nitrogen and oxygen atoms in total. The summed E-state index contributed by atoms with van der Waals surface area (Å²) in [6, 6.07) is 8.44. The number of amides is 1. The van der Waals surface area contributed by atoms with Gasteiger partial charge in [0.1, 0.15) is 0 Å². The zero-order valence-corrected chi connectivity index (χ0v) is 9.31. The molecule has 1 unspecified atom stereocenters. The van der Waals surface area contributed by atoms with Gasteiger partial charge in [-0.2, -0.15) is 0 Å². The van der Waals surface area contributed by atoms with Crippen LogP contribution in [0, 0.1) is 5.92 Å². The number of aliphatic hydroxyl groups is 1. The fraction of sp³-hybridized carbons (Fsp3) is 0.333. The molecule has 1 amide bonds. The van der Waals surface area contributed by atoms with Crippen LogP contribution >= 0.6 is 0 Å². The molecule has 0 radical (unpaired) electrons. The molecule has 0 heterocycles. The molecule has 0 saturated heterocycles. The van der Waals surface area contributed by atoms with Gasteiger partial charge in [-0.25, -0.2) is 0 Å². The second-order valence-electron chi connectivity index (χ2n) is 3.80. The van der Waals surface area contributed by atoms with Gasteiger partial charge in [0, 0.05) is 11.5 Å². The van der Waals surface area contributed by atoms with Crippen LogP contribution < -0.4 is 5.32 Å². The average molecular weight is 221 g/mol. The summed E-state index contributed by atoms with van der Waals surface area (Å²) in [4.78, 5) is 22.9. The van der Waals surface area contributed by atoms with Crippen molar-refractivity contribution in [3.8, 4) is 0 Å². The van der Waals surface area contributed by atoms with E-state index < -0.39 is 17.9 Å². The lowest BCUT2D eigenvalue weighted by Crippen LogP contribution is -2.42. The summed E-state index contributed by atoms with van der Waals surface area (Å²) >= 11 is 0. The minimum Gasteiger partial charge on any atom is -0.367 e. The van der Waals surface area contributed by atoms with Crippen LogP contribution in [-0.4, -0.2) is 23.0 Å². The van der Waals surface area contributed by atoms with Gasteiger partial charge in [-0.05, 0) is 12.1 Å². The maximum absolute atomic E-state index is 11.6. The van der Waals surface area contributed by atoms with Gasteiger partial charge >= 0.3 is 0 Å². The molecular formula is C12H15NO3. The standard InChI is InChI=1S/C12H15NO3/c1-8(2)10(14)12(16)13-11(15)9-6-4-3-5-7-9/h3-8,12,16H,1-2H3,(H,13,15). The van der Waals surface area contributed by atoms with Gasteiger partial charge in [0.15, 0.2) is 12.0 Å². The molecule has 0 aliphatic heterocycles. The number of Topliss-reactive ketones (excluding diaryl/α,β-unsaturated/α-hetero) is 1. The Hall–Kier alpha value is -1.68. The third kappa shape index (κ3) is 3.17. The fourth-order valence-electron chi connectivity index (χ4n) is 1.18. The van der Waals surface area contributed by atoms with Crippen molar-refractivity contribution in [1.29, 1.82) is 0 Å². The number of nitrogens with one attached hydrogen (secondary N) is 1. The second kappa shape index (κ2) is 5.42. The van der Waals surface area contributed by atoms with Crippen molar-refractivity contribution in [3.05, 3.63) is 35.9 Å². The van der Waals surface area contributed by atoms with Crippen LogP contribution in [0.25, 0.3) is 0 Å². The van der Waals surface area contributed by atoms with Crippen molar-refractivity contribution in [2.45, 2.75) is 20.1 Å². The van der Waals surface area contributed by atoms with Crippen LogP contribution in [-0.2, 0) is 4.79 Å². The normalized spacial score (nSPS) is 12.2. The highest BCUT2D eigenvalue weighted by molar-refractivity contribution is 5.97. The first-order valence-electron chi connectivity index (χ1n) is 5.10. The Labute approximate surface area is 94.3 Å². The molecule has 1 atom stereocenters. The van der Waals surface area contributed by atoms with E-state index in [1.165, 1.54) is 0 Å². The van der Waals surface area contributed by atoms with Crippen molar-refractivity contribution >= 4 is 11.7 Å². The van der Waals surface area contributed by atoms with Crippen LogP contribution in [0.15, 0.2) is 30.3 Å². The minimum atomic E-state index is -1.44. The Bertz CT molecular complexity index is 373. The molecule has 2 N–H and O–H groups in total. The minimum absolute atomic E-state index is 0.314. The van der Waals surface area contributed by atoms with Crippen LogP contribution in [0.2, 0.25) is 0 Å². The molecule has 0 aliphatic rings. The fourth-order valence-corrected chi connectivity index (χ4v) is 1.18. The monoisotopic (exact) mass is 221 g/mol. The van der Waals surface area contributed by atoms with Gasteiger partial charge in [0.2, 0.25) is 0 Å². The molecular weight excluding hydrogens is 206 g/mol. The molecule has 0 bridgehead atoms. The lowest BCUT2D eigenvalue weighted by atomic mass is 10.1. The van der Waals surface area contributed by atoms with Gasteiger partial charge in [0.25, 0.3) is 5.91 Å². The number of carbonyl (C=O) groups excluding carboxylic acids is 2. The zero-order valence-electron chi connectivity index (χ0n) is 9.31. The number of ketones is 1. The second-order valence-corrected chi connectivity index (χ2v) is 3.80. The lowest BCUT2D eigenvalue weighted by Gasteiger charge is -2.13. The zero-order chi connectivity index (χ0) is 12.1. The highest BCUT2D eigenvalue weighted by Crippen LogP contribution is 2.01. The summed E-state index contributed by atoms with van der Waals surface area (Å²) in [6.07, 6.45) is -1.44. The molecule has 0 fully saturated rings. The first kappa shape index (κ1) is 12.4. The van der Waals surface area contributed by atoms with Gasteiger partial charge in [-0.15, -0.1) is 0 Å². The van der Waals surface area contributed by atoms with E-state index in [9.17, 15) is 14.7 Å². The van der Waals surface area contributed by atoms with Gasteiger partial charge in [-0.3, -0.25) is 9.59 Å². The summed E-state index contributed by atoms with van der Waals surface area (Å²) in [5, 5.41) is 11.7. The van der Waals surface area contributed by atoms with Crippen LogP contribution in [0.3, 0.4) is 0 Å². The first-order chi connectivity index (χ1) is 7.52. The van der Waals surface area contributed by atoms with E-state index in [2.05, 4.69) is 5.32 Å². The Morgan fingerprint density at radius 3 is 2.25 bits per heavy atom. The maximum atomic E-state index is 11.6. The van der Waals surface area contributed by atoms with E-state index in [-0.39, 0.29) is 5.92 Å². The largest absolute Gasteiger partial charge is 0.367 e. The topological polar surface area (TPSA) is 66.4 Å². The molecule has 0 aromatic heterocycles. The Morgan fingerprint density at radius 2 is 1.75 bits per heavy atom. The molecule has 1 aromatic rings. The van der Waals surface area contributed by atoms with E-state index >= 15 is 0 Å². The molecule has 1 aromatic carbocycles. The van der Waals surface area contributed by atoms with Gasteiger partial charge in [-0.1, -0.05) is 32.0 Å². The van der Waals surface area contributed by atoms with E-state index in [0.717, 1.165) is 0 Å². The number of carbonyl (C=O) groups is 2. The Morgan fingerprint density at radius 1 is 1.19 bits per heavy atom. The predicted octanol–water partition coefficient (Wildman–Crippen LogP) is 0.960. The third-order valence-corrected chi connectivity index (χ3v) is 2.14. The van der Waals surface area contributed by atoms with E-state index in [1.807, 2.05) is 0 Å². The summed E-state index contributed by atoms with van der Waals surface area (Å²) < 4.78 is 0. The van der Waals surface area contributed by atoms with E-state index in [0.29, 0.717) is 5.56 Å². The van der Waals surface area contributed by atoms with Crippen LogP contribution in [0.1, 0.15) is 24.2 Å². The van der Waals surface area contributed by atoms with Crippen LogP contribution in [0.5, 0.6) is 0 Å². The maximum Gasteiger partial charge on any atom is 0.253 e. The summed E-state index contributed by atoms with van der Waals surface area (Å²) in [5.74, 6) is -1.17. The first-order valence-corrected chi connectivity index (χ1v) is 5.10.